The molecule has 24 heavy (non-hydrogen) atoms. The number of allylic oxidation sites excluding steroid dienone is 2. The van der Waals surface area contributed by atoms with Gasteiger partial charge in [-0.1, -0.05) is 79.2 Å². The third-order valence-electron chi connectivity index (χ3n) is 5.38. The highest BCUT2D eigenvalue weighted by Crippen LogP contribution is 2.33. The summed E-state index contributed by atoms with van der Waals surface area (Å²) in [4.78, 5) is 0. The van der Waals surface area contributed by atoms with Crippen molar-refractivity contribution in [1.82, 2.24) is 0 Å². The van der Waals surface area contributed by atoms with Crippen LogP contribution in [0.1, 0.15) is 26.3 Å². The molecule has 0 heterocycles. The van der Waals surface area contributed by atoms with Gasteiger partial charge in [0.2, 0.25) is 0 Å². The van der Waals surface area contributed by atoms with Crippen molar-refractivity contribution in [1.29, 1.82) is 0 Å². The van der Waals surface area contributed by atoms with E-state index in [0.29, 0.717) is 5.92 Å². The van der Waals surface area contributed by atoms with E-state index in [-0.39, 0.29) is 0 Å². The van der Waals surface area contributed by atoms with Crippen LogP contribution in [-0.2, 0) is 0 Å². The molecule has 0 saturated heterocycles. The third kappa shape index (κ3) is 2.22. The van der Waals surface area contributed by atoms with Crippen LogP contribution in [-0.4, -0.2) is 0 Å². The minimum Gasteiger partial charge on any atom is -0.0832 e. The maximum absolute atomic E-state index is 2.33. The smallest absolute Gasteiger partial charge is 0.00293 e. The second kappa shape index (κ2) is 5.79. The molecule has 3 aromatic rings. The zero-order chi connectivity index (χ0) is 16.7. The third-order valence-corrected chi connectivity index (χ3v) is 5.38. The van der Waals surface area contributed by atoms with Crippen molar-refractivity contribution in [3.05, 3.63) is 94.4 Å². The Morgan fingerprint density at radius 2 is 1.46 bits per heavy atom. The summed E-state index contributed by atoms with van der Waals surface area (Å²) in [7, 11) is 0. The van der Waals surface area contributed by atoms with E-state index in [0.717, 1.165) is 0 Å². The van der Waals surface area contributed by atoms with Crippen LogP contribution in [0.15, 0.2) is 78.4 Å². The Morgan fingerprint density at radius 1 is 0.792 bits per heavy atom. The first-order valence-corrected chi connectivity index (χ1v) is 8.66. The summed E-state index contributed by atoms with van der Waals surface area (Å²) in [6.45, 7) is 6.75. The molecule has 0 aliphatic heterocycles. The average molecular weight is 310 g/mol. The van der Waals surface area contributed by atoms with Gasteiger partial charge >= 0.3 is 0 Å². The van der Waals surface area contributed by atoms with E-state index in [1.165, 1.54) is 43.5 Å². The van der Waals surface area contributed by atoms with Crippen molar-refractivity contribution in [2.45, 2.75) is 20.8 Å². The molecule has 0 bridgehead atoms. The summed E-state index contributed by atoms with van der Waals surface area (Å²) in [5, 5.41) is 5.34. The molecule has 0 radical (unpaired) electrons. The van der Waals surface area contributed by atoms with Gasteiger partial charge in [-0.25, -0.2) is 0 Å². The maximum Gasteiger partial charge on any atom is 0.00293 e. The fourth-order valence-corrected chi connectivity index (χ4v) is 3.94. The zero-order valence-electron chi connectivity index (χ0n) is 14.5. The normalized spacial score (nSPS) is 19.0. The van der Waals surface area contributed by atoms with Crippen molar-refractivity contribution in [3.63, 3.8) is 0 Å². The quantitative estimate of drug-likeness (QED) is 0.605. The maximum atomic E-state index is 2.33. The van der Waals surface area contributed by atoms with Gasteiger partial charge in [0.05, 0.1) is 0 Å². The van der Waals surface area contributed by atoms with Crippen LogP contribution in [0.3, 0.4) is 0 Å². The molecule has 0 spiro atoms. The van der Waals surface area contributed by atoms with Crippen LogP contribution < -0.4 is 10.4 Å². The summed E-state index contributed by atoms with van der Waals surface area (Å²) in [6, 6.07) is 24.2. The van der Waals surface area contributed by atoms with E-state index >= 15 is 0 Å². The van der Waals surface area contributed by atoms with E-state index in [4.69, 9.17) is 0 Å². The van der Waals surface area contributed by atoms with Crippen molar-refractivity contribution in [2.75, 3.05) is 0 Å². The van der Waals surface area contributed by atoms with Gasteiger partial charge in [0.1, 0.15) is 0 Å². The minimum atomic E-state index is 0.450. The van der Waals surface area contributed by atoms with Crippen LogP contribution in [0.25, 0.3) is 21.9 Å². The van der Waals surface area contributed by atoms with Crippen LogP contribution >= 0.6 is 0 Å². The molecular formula is C24H22. The van der Waals surface area contributed by atoms with Crippen molar-refractivity contribution >= 4 is 21.9 Å². The largest absolute Gasteiger partial charge is 0.0832 e. The van der Waals surface area contributed by atoms with Gasteiger partial charge in [-0.05, 0) is 57.8 Å². The molecule has 4 rings (SSSR count). The Bertz CT molecular complexity index is 1080. The lowest BCUT2D eigenvalue weighted by molar-refractivity contribution is 0.888. The highest BCUT2D eigenvalue weighted by Gasteiger charge is 2.21. The molecule has 1 aliphatic carbocycles. The van der Waals surface area contributed by atoms with Gasteiger partial charge < -0.3 is 0 Å². The van der Waals surface area contributed by atoms with Gasteiger partial charge in [-0.3, -0.25) is 0 Å². The molecule has 118 valence electrons. The topological polar surface area (TPSA) is 0 Å². The van der Waals surface area contributed by atoms with E-state index in [9.17, 15) is 0 Å². The highest BCUT2D eigenvalue weighted by molar-refractivity contribution is 5.90. The lowest BCUT2D eigenvalue weighted by atomic mass is 9.79. The number of rotatable bonds is 1. The van der Waals surface area contributed by atoms with Gasteiger partial charge in [0.25, 0.3) is 0 Å². The Balaban J connectivity index is 2.13. The first-order valence-electron chi connectivity index (χ1n) is 8.66. The second-order valence-electron chi connectivity index (χ2n) is 6.63. The minimum absolute atomic E-state index is 0.450. The van der Waals surface area contributed by atoms with Gasteiger partial charge in [-0.15, -0.1) is 0 Å². The van der Waals surface area contributed by atoms with E-state index in [1.54, 1.807) is 0 Å². The Labute approximate surface area is 143 Å². The molecule has 0 fully saturated rings. The summed E-state index contributed by atoms with van der Waals surface area (Å²) in [5.74, 6) is 0.450. The lowest BCUT2D eigenvalue weighted by Gasteiger charge is -2.25. The zero-order valence-corrected chi connectivity index (χ0v) is 14.5. The average Bonchev–Trinajstić information content (AvgIpc) is 2.64. The number of hydrogen-bond donors (Lipinski definition) is 0. The molecule has 1 atom stereocenters. The van der Waals surface area contributed by atoms with Crippen molar-refractivity contribution in [2.24, 2.45) is 5.92 Å². The first-order chi connectivity index (χ1) is 11.7. The monoisotopic (exact) mass is 310 g/mol. The fourth-order valence-electron chi connectivity index (χ4n) is 3.94. The number of hydrogen-bond acceptors (Lipinski definition) is 0. The van der Waals surface area contributed by atoms with Crippen LogP contribution in [0, 0.1) is 5.92 Å². The SMILES string of the molecule is C/C=C1/C(c2ccc3ccccc3c2)=c2ccccc2=C(C)C1C. The van der Waals surface area contributed by atoms with Gasteiger partial charge in [-0.2, -0.15) is 0 Å². The Hall–Kier alpha value is -2.60. The highest BCUT2D eigenvalue weighted by atomic mass is 14.2. The fraction of sp³-hybridized carbons (Fsp3) is 0.167. The summed E-state index contributed by atoms with van der Waals surface area (Å²) in [5.41, 5.74) is 5.59. The van der Waals surface area contributed by atoms with E-state index in [2.05, 4.69) is 93.6 Å². The van der Waals surface area contributed by atoms with E-state index in [1.807, 2.05) is 0 Å². The second-order valence-corrected chi connectivity index (χ2v) is 6.63. The standard InChI is InChI=1S/C24H22/c1-4-21-16(2)17(3)22-11-7-8-12-23(22)24(21)20-14-13-18-9-5-6-10-19(18)15-20/h4-16H,1-3H3/b21-4+. The van der Waals surface area contributed by atoms with E-state index < -0.39 is 0 Å². The molecule has 1 aliphatic rings. The molecule has 0 heteroatoms. The summed E-state index contributed by atoms with van der Waals surface area (Å²) < 4.78 is 0. The Kier molecular flexibility index (Phi) is 3.61. The molecule has 0 N–H and O–H groups in total. The predicted molar refractivity (Wildman–Crippen MR) is 104 cm³/mol. The lowest BCUT2D eigenvalue weighted by Crippen LogP contribution is -2.35. The number of fused-ring (bicyclic) bond motifs is 2. The molecule has 0 nitrogen and oxygen atoms in total. The first kappa shape index (κ1) is 15.0. The van der Waals surface area contributed by atoms with Gasteiger partial charge in [0.15, 0.2) is 0 Å². The van der Waals surface area contributed by atoms with Crippen molar-refractivity contribution < 1.29 is 0 Å². The number of benzene rings is 3. The van der Waals surface area contributed by atoms with Crippen LogP contribution in [0.2, 0.25) is 0 Å². The van der Waals surface area contributed by atoms with Gasteiger partial charge in [0, 0.05) is 5.92 Å². The molecule has 0 amide bonds. The van der Waals surface area contributed by atoms with Crippen molar-refractivity contribution in [3.8, 4) is 0 Å². The molecular weight excluding hydrogens is 288 g/mol. The molecule has 0 aromatic heterocycles. The molecule has 3 aromatic carbocycles. The summed E-state index contributed by atoms with van der Waals surface area (Å²) >= 11 is 0. The van der Waals surface area contributed by atoms with Crippen LogP contribution in [0.4, 0.5) is 0 Å². The Morgan fingerprint density at radius 3 is 2.21 bits per heavy atom. The molecule has 1 unspecified atom stereocenters. The van der Waals surface area contributed by atoms with Crippen LogP contribution in [0.5, 0.6) is 0 Å². The summed E-state index contributed by atoms with van der Waals surface area (Å²) in [6.07, 6.45) is 2.29. The molecule has 0 saturated carbocycles. The predicted octanol–water partition coefficient (Wildman–Crippen LogP) is 4.81.